The van der Waals surface area contributed by atoms with Gasteiger partial charge in [0.25, 0.3) is 0 Å². The van der Waals surface area contributed by atoms with Crippen molar-refractivity contribution in [3.8, 4) is 0 Å². The highest BCUT2D eigenvalue weighted by atomic mass is 35.5. The van der Waals surface area contributed by atoms with Crippen LogP contribution >= 0.6 is 11.6 Å². The van der Waals surface area contributed by atoms with Crippen molar-refractivity contribution in [2.75, 3.05) is 11.9 Å². The van der Waals surface area contributed by atoms with Crippen LogP contribution in [0.2, 0.25) is 5.02 Å². The summed E-state index contributed by atoms with van der Waals surface area (Å²) in [6.07, 6.45) is 4.38. The van der Waals surface area contributed by atoms with Gasteiger partial charge in [-0.15, -0.1) is 0 Å². The number of hydrogen-bond donors (Lipinski definition) is 2. The Hall–Kier alpha value is -2.14. The molecule has 2 N–H and O–H groups in total. The molecule has 2 aromatic rings. The van der Waals surface area contributed by atoms with Gasteiger partial charge in [-0.2, -0.15) is 0 Å². The van der Waals surface area contributed by atoms with Crippen LogP contribution in [0.3, 0.4) is 0 Å². The van der Waals surface area contributed by atoms with E-state index in [1.165, 1.54) is 0 Å². The highest BCUT2D eigenvalue weighted by Crippen LogP contribution is 2.16. The molecular formula is C16H19ClN4O. The average Bonchev–Trinajstić information content (AvgIpc) is 2.50. The first-order chi connectivity index (χ1) is 10.6. The lowest BCUT2D eigenvalue weighted by Gasteiger charge is -2.15. The van der Waals surface area contributed by atoms with Crippen LogP contribution < -0.4 is 10.6 Å². The molecule has 0 bridgehead atoms. The fourth-order valence-corrected chi connectivity index (χ4v) is 2.28. The quantitative estimate of drug-likeness (QED) is 0.823. The van der Waals surface area contributed by atoms with Crippen LogP contribution in [-0.2, 0) is 11.2 Å². The maximum Gasteiger partial charge on any atom is 0.222 e. The molecule has 1 aromatic carbocycles. The Morgan fingerprint density at radius 1 is 1.23 bits per heavy atom. The van der Waals surface area contributed by atoms with E-state index in [1.54, 1.807) is 18.5 Å². The highest BCUT2D eigenvalue weighted by Gasteiger charge is 2.09. The van der Waals surface area contributed by atoms with Gasteiger partial charge in [0.15, 0.2) is 0 Å². The second kappa shape index (κ2) is 8.34. The SMILES string of the molecule is C[C@H](Cc1ccccc1Cl)NC(=O)CCNc1ncccn1. The number of carbonyl (C=O) groups is 1. The number of rotatable bonds is 7. The largest absolute Gasteiger partial charge is 0.354 e. The van der Waals surface area contributed by atoms with E-state index in [0.717, 1.165) is 10.6 Å². The molecule has 5 nitrogen and oxygen atoms in total. The van der Waals surface area contributed by atoms with Crippen molar-refractivity contribution in [3.63, 3.8) is 0 Å². The minimum Gasteiger partial charge on any atom is -0.354 e. The predicted octanol–water partition coefficient (Wildman–Crippen LogP) is 2.68. The van der Waals surface area contributed by atoms with Gasteiger partial charge in [-0.25, -0.2) is 9.97 Å². The molecular weight excluding hydrogens is 300 g/mol. The number of carbonyl (C=O) groups excluding carboxylic acids is 1. The molecule has 1 atom stereocenters. The lowest BCUT2D eigenvalue weighted by Crippen LogP contribution is -2.35. The van der Waals surface area contributed by atoms with E-state index in [1.807, 2.05) is 31.2 Å². The summed E-state index contributed by atoms with van der Waals surface area (Å²) in [6, 6.07) is 9.44. The Bertz CT molecular complexity index is 606. The van der Waals surface area contributed by atoms with Gasteiger partial charge < -0.3 is 10.6 Å². The third-order valence-corrected chi connectivity index (χ3v) is 3.46. The Morgan fingerprint density at radius 2 is 1.95 bits per heavy atom. The molecule has 1 heterocycles. The van der Waals surface area contributed by atoms with Crippen LogP contribution in [0.15, 0.2) is 42.7 Å². The van der Waals surface area contributed by atoms with Crippen LogP contribution in [-0.4, -0.2) is 28.5 Å². The van der Waals surface area contributed by atoms with Crippen molar-refractivity contribution >= 4 is 23.5 Å². The third kappa shape index (κ3) is 5.33. The summed E-state index contributed by atoms with van der Waals surface area (Å²) in [4.78, 5) is 20.0. The fourth-order valence-electron chi connectivity index (χ4n) is 2.07. The predicted molar refractivity (Wildman–Crippen MR) is 87.9 cm³/mol. The Balaban J connectivity index is 1.71. The number of anilines is 1. The number of hydrogen-bond acceptors (Lipinski definition) is 4. The molecule has 0 radical (unpaired) electrons. The standard InChI is InChI=1S/C16H19ClN4O/c1-12(11-13-5-2-3-6-14(13)17)21-15(22)7-10-20-16-18-8-4-9-19-16/h2-6,8-9,12H,7,10-11H2,1H3,(H,21,22)(H,18,19,20)/t12-/m1/s1. The van der Waals surface area contributed by atoms with Gasteiger partial charge in [0.05, 0.1) is 0 Å². The maximum absolute atomic E-state index is 11.9. The second-order valence-electron chi connectivity index (χ2n) is 5.01. The van der Waals surface area contributed by atoms with Crippen LogP contribution in [0.1, 0.15) is 18.9 Å². The summed E-state index contributed by atoms with van der Waals surface area (Å²) in [7, 11) is 0. The van der Waals surface area contributed by atoms with Gasteiger partial charge in [0.2, 0.25) is 11.9 Å². The summed E-state index contributed by atoms with van der Waals surface area (Å²) in [5, 5.41) is 6.70. The van der Waals surface area contributed by atoms with E-state index < -0.39 is 0 Å². The van der Waals surface area contributed by atoms with Gasteiger partial charge in [-0.1, -0.05) is 29.8 Å². The number of halogens is 1. The lowest BCUT2D eigenvalue weighted by molar-refractivity contribution is -0.121. The fraction of sp³-hybridized carbons (Fsp3) is 0.312. The number of amides is 1. The van der Waals surface area contributed by atoms with Crippen LogP contribution in [0.25, 0.3) is 0 Å². The van der Waals surface area contributed by atoms with Gasteiger partial charge in [0, 0.05) is 36.4 Å². The monoisotopic (exact) mass is 318 g/mol. The lowest BCUT2D eigenvalue weighted by atomic mass is 10.1. The van der Waals surface area contributed by atoms with Crippen molar-refractivity contribution in [3.05, 3.63) is 53.3 Å². The van der Waals surface area contributed by atoms with Gasteiger partial charge in [-0.05, 0) is 31.0 Å². The van der Waals surface area contributed by atoms with E-state index in [4.69, 9.17) is 11.6 Å². The minimum absolute atomic E-state index is 0.0111. The molecule has 0 aliphatic heterocycles. The van der Waals surface area contributed by atoms with Crippen molar-refractivity contribution in [2.24, 2.45) is 0 Å². The average molecular weight is 319 g/mol. The summed E-state index contributed by atoms with van der Waals surface area (Å²) < 4.78 is 0. The minimum atomic E-state index is -0.0111. The Labute approximate surface area is 135 Å². The number of nitrogens with zero attached hydrogens (tertiary/aromatic N) is 2. The zero-order chi connectivity index (χ0) is 15.8. The first kappa shape index (κ1) is 16.2. The van der Waals surface area contributed by atoms with E-state index in [0.29, 0.717) is 25.3 Å². The first-order valence-electron chi connectivity index (χ1n) is 7.19. The molecule has 0 spiro atoms. The molecule has 1 amide bonds. The van der Waals surface area contributed by atoms with Gasteiger partial charge in [0.1, 0.15) is 0 Å². The molecule has 0 aliphatic rings. The van der Waals surface area contributed by atoms with Crippen molar-refractivity contribution < 1.29 is 4.79 Å². The normalized spacial score (nSPS) is 11.7. The van der Waals surface area contributed by atoms with E-state index in [-0.39, 0.29) is 11.9 Å². The zero-order valence-electron chi connectivity index (χ0n) is 12.4. The van der Waals surface area contributed by atoms with Crippen molar-refractivity contribution in [1.82, 2.24) is 15.3 Å². The summed E-state index contributed by atoms with van der Waals surface area (Å²) in [5.41, 5.74) is 1.03. The Kier molecular flexibility index (Phi) is 6.15. The number of benzene rings is 1. The van der Waals surface area contributed by atoms with E-state index in [2.05, 4.69) is 20.6 Å². The molecule has 0 saturated carbocycles. The molecule has 22 heavy (non-hydrogen) atoms. The molecule has 1 aromatic heterocycles. The highest BCUT2D eigenvalue weighted by molar-refractivity contribution is 6.31. The smallest absolute Gasteiger partial charge is 0.222 e. The number of nitrogens with one attached hydrogen (secondary N) is 2. The topological polar surface area (TPSA) is 66.9 Å². The molecule has 6 heteroatoms. The summed E-state index contributed by atoms with van der Waals surface area (Å²) in [6.45, 7) is 2.46. The maximum atomic E-state index is 11.9. The molecule has 2 rings (SSSR count). The van der Waals surface area contributed by atoms with E-state index in [9.17, 15) is 4.79 Å². The van der Waals surface area contributed by atoms with Gasteiger partial charge >= 0.3 is 0 Å². The van der Waals surface area contributed by atoms with Crippen molar-refractivity contribution in [1.29, 1.82) is 0 Å². The molecule has 0 unspecified atom stereocenters. The molecule has 0 aliphatic carbocycles. The molecule has 0 fully saturated rings. The van der Waals surface area contributed by atoms with Crippen LogP contribution in [0, 0.1) is 0 Å². The molecule has 0 saturated heterocycles. The zero-order valence-corrected chi connectivity index (χ0v) is 13.2. The van der Waals surface area contributed by atoms with Crippen LogP contribution in [0.5, 0.6) is 0 Å². The van der Waals surface area contributed by atoms with Crippen molar-refractivity contribution in [2.45, 2.75) is 25.8 Å². The summed E-state index contributed by atoms with van der Waals surface area (Å²) in [5.74, 6) is 0.516. The summed E-state index contributed by atoms with van der Waals surface area (Å²) >= 11 is 6.12. The number of aromatic nitrogens is 2. The second-order valence-corrected chi connectivity index (χ2v) is 5.42. The first-order valence-corrected chi connectivity index (χ1v) is 7.56. The van der Waals surface area contributed by atoms with Crippen LogP contribution in [0.4, 0.5) is 5.95 Å². The van der Waals surface area contributed by atoms with Gasteiger partial charge in [-0.3, -0.25) is 4.79 Å². The Morgan fingerprint density at radius 3 is 2.68 bits per heavy atom. The third-order valence-electron chi connectivity index (χ3n) is 3.09. The molecule has 116 valence electrons. The van der Waals surface area contributed by atoms with E-state index >= 15 is 0 Å².